The molecule has 0 unspecified atom stereocenters. The highest BCUT2D eigenvalue weighted by molar-refractivity contribution is 5.84. The average molecular weight is 347 g/mol. The van der Waals surface area contributed by atoms with Gasteiger partial charge < -0.3 is 20.4 Å². The Morgan fingerprint density at radius 1 is 0.923 bits per heavy atom. The van der Waals surface area contributed by atoms with Gasteiger partial charge in [0.25, 0.3) is 0 Å². The second kappa shape index (κ2) is 6.67. The van der Waals surface area contributed by atoms with Crippen LogP contribution >= 0.6 is 0 Å². The molecule has 3 heterocycles. The Balaban J connectivity index is 1.54. The highest BCUT2D eigenvalue weighted by atomic mass is 16.5. The molecule has 3 aromatic heterocycles. The van der Waals surface area contributed by atoms with Crippen molar-refractivity contribution in [3.8, 4) is 6.01 Å². The number of anilines is 4. The molecule has 0 aliphatic rings. The largest absolute Gasteiger partial charge is 0.467 e. The van der Waals surface area contributed by atoms with E-state index < -0.39 is 0 Å². The molecule has 26 heavy (non-hydrogen) atoms. The van der Waals surface area contributed by atoms with Crippen LogP contribution in [0.25, 0.3) is 10.9 Å². The van der Waals surface area contributed by atoms with Crippen LogP contribution in [0.5, 0.6) is 6.01 Å². The van der Waals surface area contributed by atoms with Gasteiger partial charge in [0.2, 0.25) is 5.95 Å². The van der Waals surface area contributed by atoms with Crippen LogP contribution in [0.2, 0.25) is 0 Å². The molecule has 0 atom stereocenters. The minimum absolute atomic E-state index is 0.277. The number of rotatable bonds is 5. The van der Waals surface area contributed by atoms with Crippen LogP contribution < -0.4 is 15.4 Å². The van der Waals surface area contributed by atoms with Gasteiger partial charge in [0.05, 0.1) is 7.11 Å². The van der Waals surface area contributed by atoms with Crippen LogP contribution in [-0.2, 0) is 0 Å². The first-order chi connectivity index (χ1) is 12.7. The third kappa shape index (κ3) is 3.39. The molecule has 0 aliphatic heterocycles. The van der Waals surface area contributed by atoms with E-state index in [1.54, 1.807) is 24.5 Å². The van der Waals surface area contributed by atoms with Gasteiger partial charge >= 0.3 is 6.01 Å². The molecule has 0 bridgehead atoms. The van der Waals surface area contributed by atoms with Crippen molar-refractivity contribution in [3.05, 3.63) is 54.5 Å². The Morgan fingerprint density at radius 2 is 1.73 bits per heavy atom. The lowest BCUT2D eigenvalue weighted by molar-refractivity contribution is 0.380. The van der Waals surface area contributed by atoms with Gasteiger partial charge in [-0.3, -0.25) is 0 Å². The van der Waals surface area contributed by atoms with Crippen molar-refractivity contribution in [2.24, 2.45) is 0 Å². The third-order valence-electron chi connectivity index (χ3n) is 3.74. The van der Waals surface area contributed by atoms with E-state index in [1.165, 1.54) is 7.11 Å². The van der Waals surface area contributed by atoms with Gasteiger partial charge in [-0.05, 0) is 43.3 Å². The van der Waals surface area contributed by atoms with Gasteiger partial charge in [0.1, 0.15) is 11.6 Å². The van der Waals surface area contributed by atoms with Crippen molar-refractivity contribution in [2.75, 3.05) is 17.7 Å². The maximum Gasteiger partial charge on any atom is 0.318 e. The number of methoxy groups -OCH3 is 1. The normalized spacial score (nSPS) is 10.7. The zero-order chi connectivity index (χ0) is 17.9. The number of nitrogens with zero attached hydrogens (tertiary/aromatic N) is 4. The summed E-state index contributed by atoms with van der Waals surface area (Å²) in [4.78, 5) is 20.1. The molecule has 0 aliphatic carbocycles. The van der Waals surface area contributed by atoms with Gasteiger partial charge in [0.15, 0.2) is 0 Å². The van der Waals surface area contributed by atoms with Gasteiger partial charge in [-0.25, -0.2) is 9.97 Å². The zero-order valence-corrected chi connectivity index (χ0v) is 14.3. The van der Waals surface area contributed by atoms with Crippen molar-refractivity contribution in [2.45, 2.75) is 6.92 Å². The summed E-state index contributed by atoms with van der Waals surface area (Å²) in [5, 5.41) is 7.48. The van der Waals surface area contributed by atoms with E-state index in [2.05, 4.69) is 47.7 Å². The molecular formula is C18H17N7O. The molecule has 8 heteroatoms. The minimum Gasteiger partial charge on any atom is -0.467 e. The molecule has 0 spiro atoms. The van der Waals surface area contributed by atoms with E-state index in [1.807, 2.05) is 19.1 Å². The first kappa shape index (κ1) is 15.8. The van der Waals surface area contributed by atoms with Crippen LogP contribution in [0.15, 0.2) is 48.8 Å². The van der Waals surface area contributed by atoms with Gasteiger partial charge in [-0.1, -0.05) is 0 Å². The van der Waals surface area contributed by atoms with E-state index in [9.17, 15) is 0 Å². The number of hydrogen-bond acceptors (Lipinski definition) is 7. The predicted octanol–water partition coefficient (Wildman–Crippen LogP) is 3.55. The molecule has 8 nitrogen and oxygen atoms in total. The van der Waals surface area contributed by atoms with Crippen molar-refractivity contribution >= 4 is 34.2 Å². The van der Waals surface area contributed by atoms with Crippen LogP contribution in [0, 0.1) is 6.92 Å². The van der Waals surface area contributed by atoms with Crippen LogP contribution in [-0.4, -0.2) is 32.0 Å². The summed E-state index contributed by atoms with van der Waals surface area (Å²) in [6, 6.07) is 12.0. The fraction of sp³-hybridized carbons (Fsp3) is 0.111. The first-order valence-electron chi connectivity index (χ1n) is 8.03. The average Bonchev–Trinajstić information content (AvgIpc) is 3.01. The SMILES string of the molecule is COc1nccc(Nc2nccc(Nc3ccc4[nH]c(C)cc4c3)n2)n1. The van der Waals surface area contributed by atoms with Crippen LogP contribution in [0.4, 0.5) is 23.3 Å². The third-order valence-corrected chi connectivity index (χ3v) is 3.74. The Hall–Kier alpha value is -3.68. The lowest BCUT2D eigenvalue weighted by Crippen LogP contribution is -2.02. The molecule has 4 aromatic rings. The molecule has 0 amide bonds. The van der Waals surface area contributed by atoms with E-state index in [0.29, 0.717) is 17.6 Å². The molecule has 4 rings (SSSR count). The van der Waals surface area contributed by atoms with Gasteiger partial charge in [0, 0.05) is 34.7 Å². The fourth-order valence-electron chi connectivity index (χ4n) is 2.62. The summed E-state index contributed by atoms with van der Waals surface area (Å²) in [7, 11) is 1.52. The van der Waals surface area contributed by atoms with Crippen molar-refractivity contribution < 1.29 is 4.74 Å². The predicted molar refractivity (Wildman–Crippen MR) is 100 cm³/mol. The summed E-state index contributed by atoms with van der Waals surface area (Å²) in [5.74, 6) is 1.66. The molecule has 0 saturated carbocycles. The smallest absolute Gasteiger partial charge is 0.318 e. The summed E-state index contributed by atoms with van der Waals surface area (Å²) in [6.45, 7) is 2.04. The molecule has 130 valence electrons. The second-order valence-corrected chi connectivity index (χ2v) is 5.70. The quantitative estimate of drug-likeness (QED) is 0.507. The van der Waals surface area contributed by atoms with Crippen molar-refractivity contribution in [3.63, 3.8) is 0 Å². The molecule has 3 N–H and O–H groups in total. The Bertz CT molecular complexity index is 1060. The Labute approximate surface area is 149 Å². The Kier molecular flexibility index (Phi) is 4.06. The van der Waals surface area contributed by atoms with E-state index in [-0.39, 0.29) is 6.01 Å². The number of hydrogen-bond donors (Lipinski definition) is 3. The van der Waals surface area contributed by atoms with E-state index >= 15 is 0 Å². The number of benzene rings is 1. The Morgan fingerprint density at radius 3 is 2.58 bits per heavy atom. The number of aromatic amines is 1. The second-order valence-electron chi connectivity index (χ2n) is 5.70. The highest BCUT2D eigenvalue weighted by Gasteiger charge is 2.05. The van der Waals surface area contributed by atoms with Crippen molar-refractivity contribution in [1.29, 1.82) is 0 Å². The number of nitrogens with one attached hydrogen (secondary N) is 3. The number of fused-ring (bicyclic) bond motifs is 1. The van der Waals surface area contributed by atoms with Crippen LogP contribution in [0.3, 0.4) is 0 Å². The van der Waals surface area contributed by atoms with E-state index in [4.69, 9.17) is 4.74 Å². The topological polar surface area (TPSA) is 101 Å². The molecule has 0 saturated heterocycles. The van der Waals surface area contributed by atoms with Gasteiger partial charge in [-0.15, -0.1) is 0 Å². The zero-order valence-electron chi connectivity index (χ0n) is 14.3. The summed E-state index contributed by atoms with van der Waals surface area (Å²) in [6.07, 6.45) is 3.28. The molecule has 0 fully saturated rings. The monoisotopic (exact) mass is 347 g/mol. The lowest BCUT2D eigenvalue weighted by atomic mass is 10.2. The molecule has 1 aromatic carbocycles. The highest BCUT2D eigenvalue weighted by Crippen LogP contribution is 2.22. The van der Waals surface area contributed by atoms with Crippen molar-refractivity contribution in [1.82, 2.24) is 24.9 Å². The minimum atomic E-state index is 0.277. The summed E-state index contributed by atoms with van der Waals surface area (Å²) >= 11 is 0. The van der Waals surface area contributed by atoms with E-state index in [0.717, 1.165) is 22.3 Å². The number of H-pyrrole nitrogens is 1. The lowest BCUT2D eigenvalue weighted by Gasteiger charge is -2.08. The maximum atomic E-state index is 5.01. The fourth-order valence-corrected chi connectivity index (χ4v) is 2.62. The number of aromatic nitrogens is 5. The van der Waals surface area contributed by atoms with Gasteiger partial charge in [-0.2, -0.15) is 9.97 Å². The summed E-state index contributed by atoms with van der Waals surface area (Å²) < 4.78 is 5.01. The summed E-state index contributed by atoms with van der Waals surface area (Å²) in [5.41, 5.74) is 3.19. The number of aryl methyl sites for hydroxylation is 1. The number of ether oxygens (including phenoxy) is 1. The molecular weight excluding hydrogens is 330 g/mol. The molecule has 0 radical (unpaired) electrons. The maximum absolute atomic E-state index is 5.01. The van der Waals surface area contributed by atoms with Crippen LogP contribution in [0.1, 0.15) is 5.69 Å². The first-order valence-corrected chi connectivity index (χ1v) is 8.03. The standard InChI is InChI=1S/C18H17N7O/c1-11-9-12-10-13(3-4-14(12)21-11)22-15-5-7-19-17(23-15)24-16-6-8-20-18(25-16)26-2/h3-10,21H,1-2H3,(H2,19,20,22,23,24,25).